The van der Waals surface area contributed by atoms with Crippen molar-refractivity contribution in [3.63, 3.8) is 0 Å². The van der Waals surface area contributed by atoms with E-state index in [2.05, 4.69) is 10.6 Å². The summed E-state index contributed by atoms with van der Waals surface area (Å²) in [5.41, 5.74) is 2.13. The van der Waals surface area contributed by atoms with Gasteiger partial charge in [0.2, 0.25) is 6.79 Å². The van der Waals surface area contributed by atoms with Crippen LogP contribution in [-0.2, 0) is 6.54 Å². The lowest BCUT2D eigenvalue weighted by Crippen LogP contribution is -2.24. The number of rotatable bonds is 5. The maximum atomic E-state index is 12.7. The molecule has 0 aliphatic carbocycles. The van der Waals surface area contributed by atoms with Gasteiger partial charge in [0.05, 0.1) is 11.3 Å². The molecule has 3 aromatic rings. The monoisotopic (exact) mass is 408 g/mol. The van der Waals surface area contributed by atoms with Crippen molar-refractivity contribution in [1.29, 1.82) is 0 Å². The minimum atomic E-state index is -0.322. The Morgan fingerprint density at radius 1 is 0.897 bits per heavy atom. The summed E-state index contributed by atoms with van der Waals surface area (Å²) in [6.45, 7) is 0.515. The molecule has 0 atom stereocenters. The molecule has 0 radical (unpaired) electrons. The van der Waals surface area contributed by atoms with Crippen LogP contribution >= 0.6 is 11.6 Å². The van der Waals surface area contributed by atoms with Gasteiger partial charge in [-0.15, -0.1) is 0 Å². The lowest BCUT2D eigenvalue weighted by molar-refractivity contribution is 0.0951. The zero-order valence-electron chi connectivity index (χ0n) is 15.3. The molecule has 0 fully saturated rings. The Bertz CT molecular complexity index is 1070. The molecule has 6 nitrogen and oxygen atoms in total. The quantitative estimate of drug-likeness (QED) is 0.661. The third-order valence-corrected chi connectivity index (χ3v) is 4.67. The van der Waals surface area contributed by atoms with Crippen LogP contribution in [-0.4, -0.2) is 18.6 Å². The van der Waals surface area contributed by atoms with Gasteiger partial charge in [0, 0.05) is 17.1 Å². The van der Waals surface area contributed by atoms with Crippen molar-refractivity contribution >= 4 is 29.1 Å². The van der Waals surface area contributed by atoms with Crippen LogP contribution in [0.4, 0.5) is 5.69 Å². The summed E-state index contributed by atoms with van der Waals surface area (Å²) in [5, 5.41) is 6.19. The number of carbonyl (C=O) groups excluding carboxylic acids is 2. The third-order valence-electron chi connectivity index (χ3n) is 4.42. The molecule has 29 heavy (non-hydrogen) atoms. The number of halogens is 1. The summed E-state index contributed by atoms with van der Waals surface area (Å²) in [7, 11) is 0. The molecule has 7 heteroatoms. The molecular weight excluding hydrogens is 392 g/mol. The van der Waals surface area contributed by atoms with E-state index < -0.39 is 0 Å². The zero-order valence-corrected chi connectivity index (χ0v) is 16.0. The third kappa shape index (κ3) is 4.33. The zero-order chi connectivity index (χ0) is 20.2. The van der Waals surface area contributed by atoms with Gasteiger partial charge in [-0.1, -0.05) is 29.8 Å². The maximum Gasteiger partial charge on any atom is 0.255 e. The van der Waals surface area contributed by atoms with E-state index in [0.29, 0.717) is 39.9 Å². The standard InChI is InChI=1S/C22H17ClN2O4/c23-16-8-6-15(7-9-16)21(26)25-18-4-2-1-3-17(18)22(27)24-12-14-5-10-19-20(11-14)29-13-28-19/h1-11H,12-13H2,(H,24,27)(H,25,26). The molecule has 4 rings (SSSR count). The highest BCUT2D eigenvalue weighted by molar-refractivity contribution is 6.30. The fourth-order valence-corrected chi connectivity index (χ4v) is 3.04. The van der Waals surface area contributed by atoms with Gasteiger partial charge in [-0.25, -0.2) is 0 Å². The second-order valence-corrected chi connectivity index (χ2v) is 6.81. The summed E-state index contributed by atoms with van der Waals surface area (Å²) in [6.07, 6.45) is 0. The molecule has 0 spiro atoms. The van der Waals surface area contributed by atoms with Crippen LogP contribution in [0.5, 0.6) is 11.5 Å². The van der Waals surface area contributed by atoms with E-state index in [1.165, 1.54) is 0 Å². The smallest absolute Gasteiger partial charge is 0.255 e. The number of anilines is 1. The van der Waals surface area contributed by atoms with E-state index in [0.717, 1.165) is 5.56 Å². The Morgan fingerprint density at radius 2 is 1.66 bits per heavy atom. The lowest BCUT2D eigenvalue weighted by atomic mass is 10.1. The average molecular weight is 409 g/mol. The van der Waals surface area contributed by atoms with Crippen molar-refractivity contribution in [2.45, 2.75) is 6.54 Å². The minimum absolute atomic E-state index is 0.200. The molecule has 2 amide bonds. The van der Waals surface area contributed by atoms with Gasteiger partial charge in [0.15, 0.2) is 11.5 Å². The fraction of sp³-hybridized carbons (Fsp3) is 0.0909. The molecule has 2 N–H and O–H groups in total. The SMILES string of the molecule is O=C(Nc1ccccc1C(=O)NCc1ccc2c(c1)OCO2)c1ccc(Cl)cc1. The number of nitrogens with one attached hydrogen (secondary N) is 2. The van der Waals surface area contributed by atoms with Crippen LogP contribution in [0, 0.1) is 0 Å². The molecule has 1 aliphatic rings. The molecular formula is C22H17ClN2O4. The number of fused-ring (bicyclic) bond motifs is 1. The number of amides is 2. The molecule has 1 heterocycles. The first kappa shape index (κ1) is 18.8. The molecule has 1 aliphatic heterocycles. The predicted molar refractivity (Wildman–Crippen MR) is 110 cm³/mol. The Morgan fingerprint density at radius 3 is 2.48 bits per heavy atom. The molecule has 3 aromatic carbocycles. The van der Waals surface area contributed by atoms with Crippen LogP contribution in [0.25, 0.3) is 0 Å². The van der Waals surface area contributed by atoms with E-state index in [9.17, 15) is 9.59 Å². The van der Waals surface area contributed by atoms with Gasteiger partial charge in [0.25, 0.3) is 11.8 Å². The molecule has 0 bridgehead atoms. The van der Waals surface area contributed by atoms with Gasteiger partial charge in [-0.2, -0.15) is 0 Å². The highest BCUT2D eigenvalue weighted by Gasteiger charge is 2.16. The maximum absolute atomic E-state index is 12.7. The lowest BCUT2D eigenvalue weighted by Gasteiger charge is -2.12. The van der Waals surface area contributed by atoms with Crippen LogP contribution in [0.1, 0.15) is 26.3 Å². The summed E-state index contributed by atoms with van der Waals surface area (Å²) >= 11 is 5.86. The summed E-state index contributed by atoms with van der Waals surface area (Å²) in [5.74, 6) is 0.732. The largest absolute Gasteiger partial charge is 0.454 e. The van der Waals surface area contributed by atoms with Crippen LogP contribution in [0.2, 0.25) is 5.02 Å². The van der Waals surface area contributed by atoms with Gasteiger partial charge in [-0.3, -0.25) is 9.59 Å². The van der Waals surface area contributed by atoms with E-state index in [1.54, 1.807) is 48.5 Å². The normalized spacial score (nSPS) is 11.8. The number of para-hydroxylation sites is 1. The van der Waals surface area contributed by atoms with Crippen LogP contribution in [0.15, 0.2) is 66.7 Å². The molecule has 0 saturated carbocycles. The predicted octanol–water partition coefficient (Wildman–Crippen LogP) is 4.25. The summed E-state index contributed by atoms with van der Waals surface area (Å²) < 4.78 is 10.6. The number of ether oxygens (including phenoxy) is 2. The van der Waals surface area contributed by atoms with Gasteiger partial charge >= 0.3 is 0 Å². The summed E-state index contributed by atoms with van der Waals surface area (Å²) in [4.78, 5) is 25.2. The van der Waals surface area contributed by atoms with E-state index in [4.69, 9.17) is 21.1 Å². The second-order valence-electron chi connectivity index (χ2n) is 6.38. The second kappa shape index (κ2) is 8.24. The first-order valence-corrected chi connectivity index (χ1v) is 9.30. The van der Waals surface area contributed by atoms with Crippen molar-refractivity contribution in [3.8, 4) is 11.5 Å². The van der Waals surface area contributed by atoms with Crippen molar-refractivity contribution in [2.24, 2.45) is 0 Å². The van der Waals surface area contributed by atoms with Crippen LogP contribution in [0.3, 0.4) is 0 Å². The van der Waals surface area contributed by atoms with Gasteiger partial charge < -0.3 is 20.1 Å². The minimum Gasteiger partial charge on any atom is -0.454 e. The number of benzene rings is 3. The van der Waals surface area contributed by atoms with Crippen molar-refractivity contribution < 1.29 is 19.1 Å². The molecule has 0 unspecified atom stereocenters. The van der Waals surface area contributed by atoms with Crippen LogP contribution < -0.4 is 20.1 Å². The van der Waals surface area contributed by atoms with E-state index in [1.807, 2.05) is 18.2 Å². The Kier molecular flexibility index (Phi) is 5.35. The Hall–Kier alpha value is -3.51. The van der Waals surface area contributed by atoms with Crippen molar-refractivity contribution in [3.05, 3.63) is 88.4 Å². The average Bonchev–Trinajstić information content (AvgIpc) is 3.21. The topological polar surface area (TPSA) is 76.7 Å². The van der Waals surface area contributed by atoms with Gasteiger partial charge in [0.1, 0.15) is 0 Å². The van der Waals surface area contributed by atoms with E-state index >= 15 is 0 Å². The van der Waals surface area contributed by atoms with Crippen molar-refractivity contribution in [2.75, 3.05) is 12.1 Å². The Labute approximate surface area is 172 Å². The first-order chi connectivity index (χ1) is 14.1. The molecule has 146 valence electrons. The van der Waals surface area contributed by atoms with E-state index in [-0.39, 0.29) is 18.6 Å². The highest BCUT2D eigenvalue weighted by Crippen LogP contribution is 2.32. The summed E-state index contributed by atoms with van der Waals surface area (Å²) in [6, 6.07) is 18.9. The Balaban J connectivity index is 1.45. The van der Waals surface area contributed by atoms with Crippen molar-refractivity contribution in [1.82, 2.24) is 5.32 Å². The number of carbonyl (C=O) groups is 2. The fourth-order valence-electron chi connectivity index (χ4n) is 2.91. The number of hydrogen-bond donors (Lipinski definition) is 2. The highest BCUT2D eigenvalue weighted by atomic mass is 35.5. The first-order valence-electron chi connectivity index (χ1n) is 8.93. The molecule has 0 aromatic heterocycles. The van der Waals surface area contributed by atoms with Gasteiger partial charge in [-0.05, 0) is 54.1 Å². The molecule has 0 saturated heterocycles. The number of hydrogen-bond acceptors (Lipinski definition) is 4.